The number of amides is 1. The molecular weight excluding hydrogens is 306 g/mol. The molecule has 22 heavy (non-hydrogen) atoms. The molecule has 9 heteroatoms. The maximum atomic E-state index is 12.0. The van der Waals surface area contributed by atoms with Gasteiger partial charge in [-0.2, -0.15) is 0 Å². The van der Waals surface area contributed by atoms with Gasteiger partial charge < -0.3 is 5.32 Å². The first-order chi connectivity index (χ1) is 10.4. The number of hydrogen-bond donors (Lipinski definition) is 2. The van der Waals surface area contributed by atoms with E-state index in [9.17, 15) is 13.2 Å². The van der Waals surface area contributed by atoms with Gasteiger partial charge in [-0.3, -0.25) is 9.48 Å². The molecular formula is C13H17N5O3S. The number of nitrogens with zero attached hydrogens (tertiary/aromatic N) is 3. The third-order valence-corrected chi connectivity index (χ3v) is 3.84. The standard InChI is InChI=1S/C13H17N5O3S/c1-2-7-18-9-11(16-17-18)8-15-13(19)10-3-5-12(6-4-10)22(14,20)21/h3-6,9H,2,7-8H2,1H3,(H,15,19)(H2,14,20,21). The van der Waals surface area contributed by atoms with E-state index in [0.717, 1.165) is 13.0 Å². The van der Waals surface area contributed by atoms with Gasteiger partial charge in [0.15, 0.2) is 0 Å². The van der Waals surface area contributed by atoms with E-state index < -0.39 is 10.0 Å². The van der Waals surface area contributed by atoms with Crippen molar-refractivity contribution in [2.75, 3.05) is 0 Å². The zero-order valence-corrected chi connectivity index (χ0v) is 12.9. The average molecular weight is 323 g/mol. The largest absolute Gasteiger partial charge is 0.346 e. The number of primary sulfonamides is 1. The number of nitrogens with one attached hydrogen (secondary N) is 1. The van der Waals surface area contributed by atoms with Crippen LogP contribution in [0.1, 0.15) is 29.4 Å². The third kappa shape index (κ3) is 4.12. The van der Waals surface area contributed by atoms with Gasteiger partial charge in [0.25, 0.3) is 5.91 Å². The molecule has 0 aliphatic heterocycles. The van der Waals surface area contributed by atoms with Crippen LogP contribution in [0.3, 0.4) is 0 Å². The second-order valence-electron chi connectivity index (χ2n) is 4.73. The summed E-state index contributed by atoms with van der Waals surface area (Å²) in [4.78, 5) is 11.9. The Morgan fingerprint density at radius 2 is 2.00 bits per heavy atom. The summed E-state index contributed by atoms with van der Waals surface area (Å²) in [5.74, 6) is -0.328. The topological polar surface area (TPSA) is 120 Å². The molecule has 0 spiro atoms. The van der Waals surface area contributed by atoms with Gasteiger partial charge in [-0.1, -0.05) is 12.1 Å². The van der Waals surface area contributed by atoms with Gasteiger partial charge in [0.2, 0.25) is 10.0 Å². The van der Waals surface area contributed by atoms with Crippen molar-refractivity contribution < 1.29 is 13.2 Å². The highest BCUT2D eigenvalue weighted by Crippen LogP contribution is 2.08. The molecule has 1 aromatic heterocycles. The number of nitrogens with two attached hydrogens (primary N) is 1. The SMILES string of the molecule is CCCn1cc(CNC(=O)c2ccc(S(N)(=O)=O)cc2)nn1. The molecule has 0 fully saturated rings. The Morgan fingerprint density at radius 1 is 1.32 bits per heavy atom. The molecule has 0 saturated heterocycles. The number of aromatic nitrogens is 3. The predicted octanol–water partition coefficient (Wildman–Crippen LogP) is 0.265. The van der Waals surface area contributed by atoms with Gasteiger partial charge >= 0.3 is 0 Å². The zero-order valence-electron chi connectivity index (χ0n) is 12.1. The van der Waals surface area contributed by atoms with Gasteiger partial charge in [0.05, 0.1) is 17.6 Å². The summed E-state index contributed by atoms with van der Waals surface area (Å²) in [5, 5.41) is 15.6. The highest BCUT2D eigenvalue weighted by molar-refractivity contribution is 7.89. The van der Waals surface area contributed by atoms with Crippen LogP contribution in [0.5, 0.6) is 0 Å². The molecule has 0 aliphatic carbocycles. The highest BCUT2D eigenvalue weighted by atomic mass is 32.2. The Kier molecular flexibility index (Phi) is 4.88. The second kappa shape index (κ2) is 6.67. The van der Waals surface area contributed by atoms with E-state index >= 15 is 0 Å². The number of rotatable bonds is 6. The molecule has 0 saturated carbocycles. The Balaban J connectivity index is 1.97. The molecule has 118 valence electrons. The van der Waals surface area contributed by atoms with Crippen molar-refractivity contribution in [2.24, 2.45) is 5.14 Å². The summed E-state index contributed by atoms with van der Waals surface area (Å²) >= 11 is 0. The molecule has 0 atom stereocenters. The van der Waals surface area contributed by atoms with Crippen molar-refractivity contribution >= 4 is 15.9 Å². The van der Waals surface area contributed by atoms with Crippen LogP contribution < -0.4 is 10.5 Å². The van der Waals surface area contributed by atoms with Crippen molar-refractivity contribution in [3.63, 3.8) is 0 Å². The quantitative estimate of drug-likeness (QED) is 0.790. The fraction of sp³-hybridized carbons (Fsp3) is 0.308. The van der Waals surface area contributed by atoms with Crippen LogP contribution >= 0.6 is 0 Å². The van der Waals surface area contributed by atoms with E-state index in [-0.39, 0.29) is 17.3 Å². The van der Waals surface area contributed by atoms with Crippen LogP contribution in [-0.2, 0) is 23.1 Å². The number of sulfonamides is 1. The van der Waals surface area contributed by atoms with Gasteiger partial charge in [0.1, 0.15) is 5.69 Å². The molecule has 0 radical (unpaired) electrons. The van der Waals surface area contributed by atoms with Crippen molar-refractivity contribution in [2.45, 2.75) is 31.3 Å². The van der Waals surface area contributed by atoms with E-state index in [0.29, 0.717) is 11.3 Å². The number of hydrogen-bond acceptors (Lipinski definition) is 5. The van der Waals surface area contributed by atoms with E-state index in [2.05, 4.69) is 15.6 Å². The minimum absolute atomic E-state index is 0.0356. The molecule has 1 amide bonds. The molecule has 0 unspecified atom stereocenters. The summed E-state index contributed by atoms with van der Waals surface area (Å²) in [6.07, 6.45) is 2.72. The van der Waals surface area contributed by atoms with Crippen molar-refractivity contribution in [1.82, 2.24) is 20.3 Å². The first-order valence-electron chi connectivity index (χ1n) is 6.70. The van der Waals surface area contributed by atoms with Crippen molar-refractivity contribution in [3.8, 4) is 0 Å². The zero-order chi connectivity index (χ0) is 16.2. The molecule has 1 heterocycles. The predicted molar refractivity (Wildman–Crippen MR) is 79.3 cm³/mol. The lowest BCUT2D eigenvalue weighted by Gasteiger charge is -2.04. The molecule has 8 nitrogen and oxygen atoms in total. The minimum Gasteiger partial charge on any atom is -0.346 e. The normalized spacial score (nSPS) is 11.4. The smallest absolute Gasteiger partial charge is 0.251 e. The number of carbonyl (C=O) groups is 1. The number of benzene rings is 1. The van der Waals surface area contributed by atoms with E-state index in [4.69, 9.17) is 5.14 Å². The van der Waals surface area contributed by atoms with Crippen LogP contribution in [0.15, 0.2) is 35.4 Å². The van der Waals surface area contributed by atoms with Crippen molar-refractivity contribution in [3.05, 3.63) is 41.7 Å². The fourth-order valence-electron chi connectivity index (χ4n) is 1.83. The second-order valence-corrected chi connectivity index (χ2v) is 6.29. The summed E-state index contributed by atoms with van der Waals surface area (Å²) in [5.41, 5.74) is 0.997. The lowest BCUT2D eigenvalue weighted by molar-refractivity contribution is 0.0950. The van der Waals surface area contributed by atoms with Gasteiger partial charge in [-0.15, -0.1) is 5.10 Å². The van der Waals surface area contributed by atoms with E-state index in [1.807, 2.05) is 6.92 Å². The average Bonchev–Trinajstić information content (AvgIpc) is 2.92. The molecule has 0 bridgehead atoms. The maximum absolute atomic E-state index is 12.0. The fourth-order valence-corrected chi connectivity index (χ4v) is 2.34. The lowest BCUT2D eigenvalue weighted by Crippen LogP contribution is -2.23. The third-order valence-electron chi connectivity index (χ3n) is 2.91. The van der Waals surface area contributed by atoms with Crippen LogP contribution in [0.25, 0.3) is 0 Å². The van der Waals surface area contributed by atoms with Crippen LogP contribution in [-0.4, -0.2) is 29.3 Å². The Labute approximate surface area is 128 Å². The Morgan fingerprint density at radius 3 is 2.59 bits per heavy atom. The first kappa shape index (κ1) is 16.1. The van der Waals surface area contributed by atoms with E-state index in [1.165, 1.54) is 24.3 Å². The minimum atomic E-state index is -3.76. The van der Waals surface area contributed by atoms with E-state index in [1.54, 1.807) is 10.9 Å². The number of aryl methyl sites for hydroxylation is 1. The van der Waals surface area contributed by atoms with Crippen molar-refractivity contribution in [1.29, 1.82) is 0 Å². The summed E-state index contributed by atoms with van der Waals surface area (Å²) in [6, 6.07) is 5.40. The molecule has 2 aromatic rings. The Bertz CT molecular complexity index is 752. The molecule has 0 aliphatic rings. The number of carbonyl (C=O) groups excluding carboxylic acids is 1. The first-order valence-corrected chi connectivity index (χ1v) is 8.25. The Hall–Kier alpha value is -2.26. The highest BCUT2D eigenvalue weighted by Gasteiger charge is 2.10. The summed E-state index contributed by atoms with van der Waals surface area (Å²) in [6.45, 7) is 3.06. The lowest BCUT2D eigenvalue weighted by atomic mass is 10.2. The molecule has 3 N–H and O–H groups in total. The van der Waals surface area contributed by atoms with Crippen LogP contribution in [0.2, 0.25) is 0 Å². The maximum Gasteiger partial charge on any atom is 0.251 e. The van der Waals surface area contributed by atoms with Crippen LogP contribution in [0, 0.1) is 0 Å². The summed E-state index contributed by atoms with van der Waals surface area (Å²) < 4.78 is 24.0. The van der Waals surface area contributed by atoms with Gasteiger partial charge in [-0.05, 0) is 30.7 Å². The molecule has 1 aromatic carbocycles. The monoisotopic (exact) mass is 323 g/mol. The van der Waals surface area contributed by atoms with Crippen LogP contribution in [0.4, 0.5) is 0 Å². The molecule has 2 rings (SSSR count). The summed E-state index contributed by atoms with van der Waals surface area (Å²) in [7, 11) is -3.76. The van der Waals surface area contributed by atoms with Gasteiger partial charge in [0, 0.05) is 12.1 Å². The van der Waals surface area contributed by atoms with Gasteiger partial charge in [-0.25, -0.2) is 13.6 Å².